The molecule has 1 aromatic rings. The maximum absolute atomic E-state index is 5.40. The number of hydrogen-bond acceptors (Lipinski definition) is 2. The minimum atomic E-state index is -1.29. The van der Waals surface area contributed by atoms with Crippen LogP contribution in [-0.4, -0.2) is 26.9 Å². The van der Waals surface area contributed by atoms with E-state index in [4.69, 9.17) is 4.74 Å². The summed E-state index contributed by atoms with van der Waals surface area (Å²) in [4.78, 5) is 4.57. The third-order valence-corrected chi connectivity index (χ3v) is 4.73. The van der Waals surface area contributed by atoms with Gasteiger partial charge >= 0.3 is 0 Å². The van der Waals surface area contributed by atoms with E-state index in [2.05, 4.69) is 63.6 Å². The van der Waals surface area contributed by atoms with E-state index in [-0.39, 0.29) is 5.54 Å². The molecule has 0 heterocycles. The molecule has 0 aliphatic carbocycles. The summed E-state index contributed by atoms with van der Waals surface area (Å²) in [5.74, 6) is 0.894. The molecule has 0 aliphatic rings. The first-order valence-corrected chi connectivity index (χ1v) is 9.87. The Morgan fingerprint density at radius 3 is 2.22 bits per heavy atom. The SMILES string of the molecule is COc1ccc([Si](C)(C)C)cc1C=NC(C)(C)C. The maximum atomic E-state index is 5.40. The minimum Gasteiger partial charge on any atom is -0.496 e. The Balaban J connectivity index is 3.19. The summed E-state index contributed by atoms with van der Waals surface area (Å²) in [7, 11) is 0.414. The molecule has 18 heavy (non-hydrogen) atoms. The van der Waals surface area contributed by atoms with Crippen molar-refractivity contribution in [2.24, 2.45) is 4.99 Å². The highest BCUT2D eigenvalue weighted by Gasteiger charge is 2.17. The lowest BCUT2D eigenvalue weighted by molar-refractivity contribution is 0.414. The third kappa shape index (κ3) is 4.30. The molecule has 1 aromatic carbocycles. The molecular weight excluding hydrogens is 238 g/mol. The number of hydrogen-bond donors (Lipinski definition) is 0. The van der Waals surface area contributed by atoms with Crippen molar-refractivity contribution in [1.82, 2.24) is 0 Å². The van der Waals surface area contributed by atoms with E-state index in [1.807, 2.05) is 6.21 Å². The number of rotatable bonds is 3. The van der Waals surface area contributed by atoms with Crippen LogP contribution in [0, 0.1) is 0 Å². The van der Waals surface area contributed by atoms with Crippen LogP contribution in [0.5, 0.6) is 5.75 Å². The molecule has 0 amide bonds. The molecule has 0 aliphatic heterocycles. The summed E-state index contributed by atoms with van der Waals surface area (Å²) in [5, 5.41) is 1.43. The Labute approximate surface area is 112 Å². The Morgan fingerprint density at radius 2 is 1.78 bits per heavy atom. The second-order valence-corrected chi connectivity index (χ2v) is 11.7. The van der Waals surface area contributed by atoms with Gasteiger partial charge in [-0.1, -0.05) is 37.0 Å². The molecule has 3 heteroatoms. The van der Waals surface area contributed by atoms with Crippen LogP contribution in [0.2, 0.25) is 19.6 Å². The number of ether oxygens (including phenoxy) is 1. The fourth-order valence-corrected chi connectivity index (χ4v) is 2.74. The molecule has 0 N–H and O–H groups in total. The first kappa shape index (κ1) is 15.0. The smallest absolute Gasteiger partial charge is 0.127 e. The zero-order valence-corrected chi connectivity index (χ0v) is 13.7. The van der Waals surface area contributed by atoms with Crippen molar-refractivity contribution in [3.05, 3.63) is 23.8 Å². The van der Waals surface area contributed by atoms with Gasteiger partial charge in [0.1, 0.15) is 5.75 Å². The number of aliphatic imine (C=N–C) groups is 1. The van der Waals surface area contributed by atoms with Gasteiger partial charge in [-0.25, -0.2) is 0 Å². The summed E-state index contributed by atoms with van der Waals surface area (Å²) in [6.45, 7) is 13.3. The molecule has 0 unspecified atom stereocenters. The van der Waals surface area contributed by atoms with E-state index in [1.54, 1.807) is 7.11 Å². The van der Waals surface area contributed by atoms with Gasteiger partial charge in [-0.2, -0.15) is 0 Å². The lowest BCUT2D eigenvalue weighted by Crippen LogP contribution is -2.37. The Bertz CT molecular complexity index is 439. The topological polar surface area (TPSA) is 21.6 Å². The van der Waals surface area contributed by atoms with Crippen LogP contribution in [-0.2, 0) is 0 Å². The van der Waals surface area contributed by atoms with Gasteiger partial charge in [0.15, 0.2) is 0 Å². The highest BCUT2D eigenvalue weighted by Crippen LogP contribution is 2.17. The lowest BCUT2D eigenvalue weighted by atomic mass is 10.1. The molecule has 0 atom stereocenters. The molecule has 2 nitrogen and oxygen atoms in total. The van der Waals surface area contributed by atoms with E-state index < -0.39 is 8.07 Å². The molecule has 0 fully saturated rings. The van der Waals surface area contributed by atoms with Gasteiger partial charge < -0.3 is 4.74 Å². The molecule has 1 rings (SSSR count). The monoisotopic (exact) mass is 263 g/mol. The first-order chi connectivity index (χ1) is 8.13. The molecule has 0 spiro atoms. The van der Waals surface area contributed by atoms with Gasteiger partial charge in [-0.3, -0.25) is 4.99 Å². The Hall–Kier alpha value is -1.09. The average Bonchev–Trinajstić information content (AvgIpc) is 2.23. The van der Waals surface area contributed by atoms with Crippen LogP contribution < -0.4 is 9.92 Å². The number of methoxy groups -OCH3 is 1. The summed E-state index contributed by atoms with van der Waals surface area (Å²) in [6.07, 6.45) is 1.93. The minimum absolute atomic E-state index is 0.0554. The van der Waals surface area contributed by atoms with Crippen LogP contribution >= 0.6 is 0 Å². The van der Waals surface area contributed by atoms with Crippen molar-refractivity contribution in [3.63, 3.8) is 0 Å². The lowest BCUT2D eigenvalue weighted by Gasteiger charge is -2.18. The van der Waals surface area contributed by atoms with Crippen molar-refractivity contribution in [2.45, 2.75) is 46.0 Å². The van der Waals surface area contributed by atoms with Crippen LogP contribution in [0.4, 0.5) is 0 Å². The van der Waals surface area contributed by atoms with E-state index >= 15 is 0 Å². The summed E-state index contributed by atoms with van der Waals surface area (Å²) >= 11 is 0. The van der Waals surface area contributed by atoms with Gasteiger partial charge in [0.2, 0.25) is 0 Å². The van der Waals surface area contributed by atoms with Crippen LogP contribution in [0.1, 0.15) is 26.3 Å². The molecule has 0 bridgehead atoms. The van der Waals surface area contributed by atoms with E-state index in [0.29, 0.717) is 0 Å². The van der Waals surface area contributed by atoms with Crippen molar-refractivity contribution >= 4 is 19.5 Å². The summed E-state index contributed by atoms with van der Waals surface area (Å²) < 4.78 is 5.40. The van der Waals surface area contributed by atoms with Crippen molar-refractivity contribution < 1.29 is 4.74 Å². The van der Waals surface area contributed by atoms with E-state index in [1.165, 1.54) is 5.19 Å². The molecule has 0 saturated carbocycles. The van der Waals surface area contributed by atoms with Crippen molar-refractivity contribution in [2.75, 3.05) is 7.11 Å². The molecule has 0 aromatic heterocycles. The van der Waals surface area contributed by atoms with Gasteiger partial charge in [0.05, 0.1) is 20.7 Å². The van der Waals surface area contributed by atoms with E-state index in [9.17, 15) is 0 Å². The van der Waals surface area contributed by atoms with Gasteiger partial charge in [-0.05, 0) is 26.8 Å². The summed E-state index contributed by atoms with van der Waals surface area (Å²) in [6, 6.07) is 6.46. The zero-order valence-electron chi connectivity index (χ0n) is 12.7. The van der Waals surface area contributed by atoms with Crippen molar-refractivity contribution in [3.8, 4) is 5.75 Å². The van der Waals surface area contributed by atoms with Gasteiger partial charge in [0, 0.05) is 11.8 Å². The fraction of sp³-hybridized carbons (Fsp3) is 0.533. The fourth-order valence-electron chi connectivity index (χ4n) is 1.56. The number of nitrogens with zero attached hydrogens (tertiary/aromatic N) is 1. The highest BCUT2D eigenvalue weighted by molar-refractivity contribution is 6.88. The first-order valence-electron chi connectivity index (χ1n) is 6.37. The molecule has 0 saturated heterocycles. The maximum Gasteiger partial charge on any atom is 0.127 e. The van der Waals surface area contributed by atoms with Gasteiger partial charge in [0.25, 0.3) is 0 Å². The standard InChI is InChI=1S/C15H25NOSi/c1-15(2,3)16-11-12-10-13(18(5,6)7)8-9-14(12)17-4/h8-11H,1-7H3. The number of benzene rings is 1. The second kappa shape index (κ2) is 5.27. The highest BCUT2D eigenvalue weighted by atomic mass is 28.3. The quantitative estimate of drug-likeness (QED) is 0.604. The molecule has 100 valence electrons. The summed E-state index contributed by atoms with van der Waals surface area (Å²) in [5.41, 5.74) is 1.02. The predicted octanol–water partition coefficient (Wildman–Crippen LogP) is 3.46. The van der Waals surface area contributed by atoms with E-state index in [0.717, 1.165) is 11.3 Å². The second-order valence-electron chi connectivity index (χ2n) is 6.64. The largest absolute Gasteiger partial charge is 0.496 e. The van der Waals surface area contributed by atoms with Crippen LogP contribution in [0.3, 0.4) is 0 Å². The van der Waals surface area contributed by atoms with Gasteiger partial charge in [-0.15, -0.1) is 0 Å². The molecule has 0 radical (unpaired) electrons. The zero-order chi connectivity index (χ0) is 14.0. The van der Waals surface area contributed by atoms with Crippen LogP contribution in [0.15, 0.2) is 23.2 Å². The normalized spacial score (nSPS) is 13.1. The average molecular weight is 263 g/mol. The third-order valence-electron chi connectivity index (χ3n) is 2.69. The van der Waals surface area contributed by atoms with Crippen LogP contribution in [0.25, 0.3) is 0 Å². The molecular formula is C15H25NOSi. The predicted molar refractivity (Wildman–Crippen MR) is 83.3 cm³/mol. The Morgan fingerprint density at radius 1 is 1.17 bits per heavy atom. The Kier molecular flexibility index (Phi) is 4.38. The van der Waals surface area contributed by atoms with Crippen molar-refractivity contribution in [1.29, 1.82) is 0 Å².